The maximum atomic E-state index is 12.3. The van der Waals surface area contributed by atoms with Crippen molar-refractivity contribution in [1.82, 2.24) is 0 Å². The van der Waals surface area contributed by atoms with Crippen molar-refractivity contribution in [2.45, 2.75) is 22.8 Å². The Kier molecular flexibility index (Phi) is 2.09. The molecule has 6 heteroatoms. The molecule has 1 unspecified atom stereocenters. The van der Waals surface area contributed by atoms with Gasteiger partial charge in [-0.05, 0) is 0 Å². The zero-order chi connectivity index (χ0) is 8.70. The second kappa shape index (κ2) is 2.52. The molecule has 0 bridgehead atoms. The van der Waals surface area contributed by atoms with Gasteiger partial charge in [-0.1, -0.05) is 11.8 Å². The number of hydrogen-bond acceptors (Lipinski definition) is 2. The zero-order valence-corrected chi connectivity index (χ0v) is 6.18. The van der Waals surface area contributed by atoms with Crippen LogP contribution in [0.15, 0.2) is 0 Å². The van der Waals surface area contributed by atoms with Crippen LogP contribution in [0.4, 0.5) is 17.6 Å². The van der Waals surface area contributed by atoms with Gasteiger partial charge in [0.05, 0.1) is 6.61 Å². The van der Waals surface area contributed by atoms with Crippen LogP contribution in [0.1, 0.15) is 6.42 Å². The molecule has 1 nitrogen and oxygen atoms in total. The largest absolute Gasteiger partial charge is 0.395 e. The Hall–Kier alpha value is 0.0300. The van der Waals surface area contributed by atoms with Crippen molar-refractivity contribution < 1.29 is 22.7 Å². The first kappa shape index (κ1) is 9.12. The smallest absolute Gasteiger partial charge is 0.356 e. The summed E-state index contributed by atoms with van der Waals surface area (Å²) in [6.07, 6.45) is -0.943. The van der Waals surface area contributed by atoms with Crippen molar-refractivity contribution in [2.24, 2.45) is 0 Å². The SMILES string of the molecule is OCC1CC(F)(F)C(F)(F)S1. The Labute approximate surface area is 64.8 Å². The number of aliphatic hydroxyl groups excluding tert-OH is 1. The van der Waals surface area contributed by atoms with E-state index in [4.69, 9.17) is 5.11 Å². The van der Waals surface area contributed by atoms with E-state index in [0.717, 1.165) is 0 Å². The molecule has 0 aromatic carbocycles. The first-order valence-corrected chi connectivity index (χ1v) is 3.81. The van der Waals surface area contributed by atoms with E-state index in [-0.39, 0.29) is 11.8 Å². The van der Waals surface area contributed by atoms with Gasteiger partial charge in [-0.3, -0.25) is 0 Å². The van der Waals surface area contributed by atoms with Crippen molar-refractivity contribution >= 4 is 11.8 Å². The molecule has 0 amide bonds. The molecule has 0 radical (unpaired) electrons. The standard InChI is InChI=1S/C5H6F4OS/c6-4(7)1-3(2-10)11-5(4,8)9/h3,10H,1-2H2. The molecule has 0 aromatic heterocycles. The van der Waals surface area contributed by atoms with E-state index < -0.39 is 29.5 Å². The maximum Gasteiger partial charge on any atom is 0.356 e. The summed E-state index contributed by atoms with van der Waals surface area (Å²) >= 11 is -0.159. The summed E-state index contributed by atoms with van der Waals surface area (Å²) in [5.41, 5.74) is 0. The van der Waals surface area contributed by atoms with Gasteiger partial charge in [0.15, 0.2) is 0 Å². The molecule has 11 heavy (non-hydrogen) atoms. The Morgan fingerprint density at radius 1 is 1.36 bits per heavy atom. The van der Waals surface area contributed by atoms with E-state index in [9.17, 15) is 17.6 Å². The molecule has 0 saturated carbocycles. The van der Waals surface area contributed by atoms with Crippen LogP contribution in [-0.2, 0) is 0 Å². The van der Waals surface area contributed by atoms with Crippen molar-refractivity contribution in [2.75, 3.05) is 6.61 Å². The highest BCUT2D eigenvalue weighted by molar-refractivity contribution is 8.01. The summed E-state index contributed by atoms with van der Waals surface area (Å²) in [5, 5.41) is 3.29. The predicted octanol–water partition coefficient (Wildman–Crippen LogP) is 1.71. The summed E-state index contributed by atoms with van der Waals surface area (Å²) in [6.45, 7) is -0.629. The zero-order valence-electron chi connectivity index (χ0n) is 5.36. The van der Waals surface area contributed by atoms with Crippen molar-refractivity contribution in [3.63, 3.8) is 0 Å². The Morgan fingerprint density at radius 3 is 2.09 bits per heavy atom. The van der Waals surface area contributed by atoms with Gasteiger partial charge in [0.25, 0.3) is 0 Å². The molecule has 1 aliphatic heterocycles. The van der Waals surface area contributed by atoms with Gasteiger partial charge in [-0.15, -0.1) is 0 Å². The van der Waals surface area contributed by atoms with Gasteiger partial charge in [0.1, 0.15) is 0 Å². The van der Waals surface area contributed by atoms with Crippen molar-refractivity contribution in [1.29, 1.82) is 0 Å². The van der Waals surface area contributed by atoms with Gasteiger partial charge in [0, 0.05) is 11.7 Å². The fourth-order valence-corrected chi connectivity index (χ4v) is 1.89. The van der Waals surface area contributed by atoms with Crippen LogP contribution in [0.25, 0.3) is 0 Å². The lowest BCUT2D eigenvalue weighted by Crippen LogP contribution is -2.31. The Balaban J connectivity index is 2.72. The van der Waals surface area contributed by atoms with Crippen LogP contribution in [0.3, 0.4) is 0 Å². The molecule has 66 valence electrons. The number of aliphatic hydroxyl groups is 1. The molecule has 1 saturated heterocycles. The first-order valence-electron chi connectivity index (χ1n) is 2.93. The lowest BCUT2D eigenvalue weighted by molar-refractivity contribution is -0.145. The topological polar surface area (TPSA) is 20.2 Å². The molecule has 1 atom stereocenters. The molecule has 1 aliphatic rings. The minimum Gasteiger partial charge on any atom is -0.395 e. The molecule has 1 N–H and O–H groups in total. The van der Waals surface area contributed by atoms with Crippen LogP contribution < -0.4 is 0 Å². The number of thioether (sulfide) groups is 1. The molecule has 1 rings (SSSR count). The van der Waals surface area contributed by atoms with Gasteiger partial charge in [-0.2, -0.15) is 17.6 Å². The van der Waals surface area contributed by atoms with E-state index in [2.05, 4.69) is 0 Å². The highest BCUT2D eigenvalue weighted by atomic mass is 32.2. The molecular weight excluding hydrogens is 184 g/mol. The minimum absolute atomic E-state index is 0.159. The Bertz CT molecular complexity index is 145. The second-order valence-electron chi connectivity index (χ2n) is 2.35. The van der Waals surface area contributed by atoms with Gasteiger partial charge in [0.2, 0.25) is 0 Å². The molecule has 0 aromatic rings. The van der Waals surface area contributed by atoms with Crippen LogP contribution >= 0.6 is 11.8 Å². The van der Waals surface area contributed by atoms with Gasteiger partial charge >= 0.3 is 11.2 Å². The van der Waals surface area contributed by atoms with Crippen LogP contribution in [0, 0.1) is 0 Å². The van der Waals surface area contributed by atoms with Crippen LogP contribution in [0.5, 0.6) is 0 Å². The van der Waals surface area contributed by atoms with Crippen LogP contribution in [-0.4, -0.2) is 28.1 Å². The third-order valence-corrected chi connectivity index (χ3v) is 2.67. The summed E-state index contributed by atoms with van der Waals surface area (Å²) in [6, 6.07) is 0. The predicted molar refractivity (Wildman–Crippen MR) is 33.0 cm³/mol. The number of alkyl halides is 4. The molecule has 1 fully saturated rings. The summed E-state index contributed by atoms with van der Waals surface area (Å²) in [4.78, 5) is 0. The van der Waals surface area contributed by atoms with Crippen molar-refractivity contribution in [3.05, 3.63) is 0 Å². The monoisotopic (exact) mass is 190 g/mol. The summed E-state index contributed by atoms with van der Waals surface area (Å²) in [7, 11) is 0. The van der Waals surface area contributed by atoms with Crippen molar-refractivity contribution in [3.8, 4) is 0 Å². The average molecular weight is 190 g/mol. The normalized spacial score (nSPS) is 34.1. The van der Waals surface area contributed by atoms with E-state index in [0.29, 0.717) is 0 Å². The lowest BCUT2D eigenvalue weighted by Gasteiger charge is -2.15. The van der Waals surface area contributed by atoms with Gasteiger partial charge in [-0.25, -0.2) is 0 Å². The van der Waals surface area contributed by atoms with E-state index in [1.165, 1.54) is 0 Å². The maximum absolute atomic E-state index is 12.3. The highest BCUT2D eigenvalue weighted by Gasteiger charge is 2.63. The summed E-state index contributed by atoms with van der Waals surface area (Å²) in [5.74, 6) is -3.97. The fraction of sp³-hybridized carbons (Fsp3) is 1.00. The number of rotatable bonds is 1. The quantitative estimate of drug-likeness (QED) is 0.635. The molecule has 0 aliphatic carbocycles. The number of hydrogen-bond donors (Lipinski definition) is 1. The first-order chi connectivity index (χ1) is 4.89. The van der Waals surface area contributed by atoms with Gasteiger partial charge < -0.3 is 5.11 Å². The third kappa shape index (κ3) is 1.46. The lowest BCUT2D eigenvalue weighted by atomic mass is 10.2. The molecule has 0 spiro atoms. The Morgan fingerprint density at radius 2 is 1.91 bits per heavy atom. The van der Waals surface area contributed by atoms with E-state index >= 15 is 0 Å². The second-order valence-corrected chi connectivity index (χ2v) is 3.76. The third-order valence-electron chi connectivity index (χ3n) is 1.43. The highest BCUT2D eigenvalue weighted by Crippen LogP contribution is 2.55. The average Bonchev–Trinajstić information content (AvgIpc) is 2.03. The van der Waals surface area contributed by atoms with Crippen LogP contribution in [0.2, 0.25) is 0 Å². The van der Waals surface area contributed by atoms with E-state index in [1.807, 2.05) is 0 Å². The molecular formula is C5H6F4OS. The molecule has 1 heterocycles. The minimum atomic E-state index is -4.01. The summed E-state index contributed by atoms with van der Waals surface area (Å²) < 4.78 is 49.1. The fourth-order valence-electron chi connectivity index (χ4n) is 0.844. The van der Waals surface area contributed by atoms with E-state index in [1.54, 1.807) is 0 Å². The number of halogens is 4.